The molecule has 2 N–H and O–H groups in total. The van der Waals surface area contributed by atoms with E-state index in [0.29, 0.717) is 19.6 Å². The van der Waals surface area contributed by atoms with Crippen LogP contribution in [0.5, 0.6) is 0 Å². The molecular weight excluding hydrogens is 228 g/mol. The third-order valence-corrected chi connectivity index (χ3v) is 4.37. The second kappa shape index (κ2) is 6.02. The first kappa shape index (κ1) is 13.8. The lowest BCUT2D eigenvalue weighted by Gasteiger charge is -2.39. The highest BCUT2D eigenvalue weighted by Crippen LogP contribution is 2.29. The Hall–Kier alpha value is -0.610. The summed E-state index contributed by atoms with van der Waals surface area (Å²) in [5, 5.41) is 0. The van der Waals surface area contributed by atoms with Crippen molar-refractivity contribution >= 4 is 5.91 Å². The van der Waals surface area contributed by atoms with Crippen molar-refractivity contribution in [3.63, 3.8) is 0 Å². The van der Waals surface area contributed by atoms with Crippen LogP contribution in [0.2, 0.25) is 0 Å². The number of rotatable bonds is 3. The summed E-state index contributed by atoms with van der Waals surface area (Å²) in [6.45, 7) is 4.19. The Morgan fingerprint density at radius 2 is 2.11 bits per heavy atom. The summed E-state index contributed by atoms with van der Waals surface area (Å²) in [7, 11) is 0. The molecule has 0 bridgehead atoms. The molecule has 0 aromatic heterocycles. The number of carbonyl (C=O) groups excluding carboxylic acids is 1. The van der Waals surface area contributed by atoms with Crippen molar-refractivity contribution in [1.82, 2.24) is 4.90 Å². The van der Waals surface area contributed by atoms with Crippen LogP contribution in [0.1, 0.15) is 51.9 Å². The minimum absolute atomic E-state index is 0.231. The van der Waals surface area contributed by atoms with E-state index in [1.807, 2.05) is 4.90 Å². The summed E-state index contributed by atoms with van der Waals surface area (Å²) < 4.78 is 5.44. The van der Waals surface area contributed by atoms with Gasteiger partial charge in [0.1, 0.15) is 0 Å². The monoisotopic (exact) mass is 254 g/mol. The smallest absolute Gasteiger partial charge is 0.224 e. The Morgan fingerprint density at radius 3 is 2.78 bits per heavy atom. The fourth-order valence-corrected chi connectivity index (χ4v) is 3.16. The quantitative estimate of drug-likeness (QED) is 0.833. The maximum atomic E-state index is 12.4. The molecule has 1 aliphatic carbocycles. The minimum atomic E-state index is -0.244. The van der Waals surface area contributed by atoms with Gasteiger partial charge in [-0.05, 0) is 19.3 Å². The van der Waals surface area contributed by atoms with Gasteiger partial charge < -0.3 is 15.4 Å². The van der Waals surface area contributed by atoms with E-state index < -0.39 is 0 Å². The van der Waals surface area contributed by atoms with E-state index in [4.69, 9.17) is 10.5 Å². The Morgan fingerprint density at radius 1 is 1.39 bits per heavy atom. The van der Waals surface area contributed by atoms with Gasteiger partial charge in [-0.2, -0.15) is 0 Å². The van der Waals surface area contributed by atoms with Gasteiger partial charge >= 0.3 is 0 Å². The van der Waals surface area contributed by atoms with Crippen molar-refractivity contribution in [2.24, 2.45) is 5.73 Å². The van der Waals surface area contributed by atoms with E-state index in [-0.39, 0.29) is 17.5 Å². The van der Waals surface area contributed by atoms with Crippen molar-refractivity contribution in [2.75, 3.05) is 19.8 Å². The molecular formula is C14H26N2O2. The van der Waals surface area contributed by atoms with Crippen LogP contribution < -0.4 is 5.73 Å². The topological polar surface area (TPSA) is 55.6 Å². The van der Waals surface area contributed by atoms with Gasteiger partial charge in [0.2, 0.25) is 5.91 Å². The van der Waals surface area contributed by atoms with Gasteiger partial charge in [0.15, 0.2) is 0 Å². The number of carbonyl (C=O) groups is 1. The van der Waals surface area contributed by atoms with Crippen LogP contribution in [0.15, 0.2) is 0 Å². The van der Waals surface area contributed by atoms with E-state index in [1.54, 1.807) is 0 Å². The number of nitrogens with zero attached hydrogens (tertiary/aromatic N) is 1. The van der Waals surface area contributed by atoms with Crippen LogP contribution in [0.3, 0.4) is 0 Å². The van der Waals surface area contributed by atoms with Crippen LogP contribution in [-0.2, 0) is 9.53 Å². The fourth-order valence-electron chi connectivity index (χ4n) is 3.16. The van der Waals surface area contributed by atoms with E-state index in [2.05, 4.69) is 6.92 Å². The minimum Gasteiger partial charge on any atom is -0.377 e. The molecule has 0 radical (unpaired) electrons. The molecule has 1 amide bonds. The fraction of sp³-hybridized carbons (Fsp3) is 0.929. The van der Waals surface area contributed by atoms with Crippen LogP contribution in [0, 0.1) is 0 Å². The zero-order valence-corrected chi connectivity index (χ0v) is 11.5. The summed E-state index contributed by atoms with van der Waals surface area (Å²) in [6.07, 6.45) is 7.09. The average molecular weight is 254 g/mol. The van der Waals surface area contributed by atoms with Gasteiger partial charge in [-0.3, -0.25) is 4.79 Å². The lowest BCUT2D eigenvalue weighted by atomic mass is 9.80. The van der Waals surface area contributed by atoms with Crippen molar-refractivity contribution in [2.45, 2.75) is 63.5 Å². The second-order valence-electron chi connectivity index (χ2n) is 5.82. The molecule has 1 heterocycles. The lowest BCUT2D eigenvalue weighted by Crippen LogP contribution is -2.52. The first-order valence-electron chi connectivity index (χ1n) is 7.31. The maximum absolute atomic E-state index is 12.4. The van der Waals surface area contributed by atoms with Crippen LogP contribution >= 0.6 is 0 Å². The summed E-state index contributed by atoms with van der Waals surface area (Å²) in [6, 6.07) is 0.249. The number of hydrogen-bond acceptors (Lipinski definition) is 3. The zero-order valence-electron chi connectivity index (χ0n) is 11.5. The Balaban J connectivity index is 1.93. The average Bonchev–Trinajstić information content (AvgIpc) is 2.39. The molecule has 0 spiro atoms. The third-order valence-electron chi connectivity index (χ3n) is 4.37. The standard InChI is InChI=1S/C14H26N2O2/c1-2-12-11-18-9-8-16(12)13(17)10-14(15)6-4-3-5-7-14/h12H,2-11,15H2,1H3. The van der Waals surface area contributed by atoms with Gasteiger partial charge in [0, 0.05) is 18.5 Å². The molecule has 1 unspecified atom stereocenters. The molecule has 4 nitrogen and oxygen atoms in total. The highest BCUT2D eigenvalue weighted by atomic mass is 16.5. The van der Waals surface area contributed by atoms with Crippen molar-refractivity contribution < 1.29 is 9.53 Å². The predicted molar refractivity (Wildman–Crippen MR) is 71.2 cm³/mol. The van der Waals surface area contributed by atoms with E-state index >= 15 is 0 Å². The zero-order chi connectivity index (χ0) is 13.0. The molecule has 1 saturated heterocycles. The van der Waals surface area contributed by atoms with Gasteiger partial charge in [0.05, 0.1) is 19.3 Å². The number of amides is 1. The van der Waals surface area contributed by atoms with Crippen LogP contribution in [-0.4, -0.2) is 42.1 Å². The van der Waals surface area contributed by atoms with Gasteiger partial charge in [0.25, 0.3) is 0 Å². The van der Waals surface area contributed by atoms with Crippen molar-refractivity contribution in [1.29, 1.82) is 0 Å². The third kappa shape index (κ3) is 3.23. The summed E-state index contributed by atoms with van der Waals surface area (Å²) in [5.41, 5.74) is 6.13. The molecule has 4 heteroatoms. The number of morpholine rings is 1. The maximum Gasteiger partial charge on any atom is 0.224 e. The lowest BCUT2D eigenvalue weighted by molar-refractivity contribution is -0.141. The normalized spacial score (nSPS) is 28.1. The SMILES string of the molecule is CCC1COCCN1C(=O)CC1(N)CCCCC1. The molecule has 2 aliphatic rings. The molecule has 1 atom stereocenters. The second-order valence-corrected chi connectivity index (χ2v) is 5.82. The molecule has 1 aliphatic heterocycles. The largest absolute Gasteiger partial charge is 0.377 e. The van der Waals surface area contributed by atoms with Gasteiger partial charge in [-0.1, -0.05) is 26.2 Å². The summed E-state index contributed by atoms with van der Waals surface area (Å²) in [4.78, 5) is 14.4. The number of ether oxygens (including phenoxy) is 1. The van der Waals surface area contributed by atoms with E-state index in [1.165, 1.54) is 19.3 Å². The van der Waals surface area contributed by atoms with Crippen LogP contribution in [0.25, 0.3) is 0 Å². The molecule has 0 aromatic rings. The highest BCUT2D eigenvalue weighted by molar-refractivity contribution is 5.78. The Kier molecular flexibility index (Phi) is 4.62. The van der Waals surface area contributed by atoms with Crippen molar-refractivity contribution in [3.8, 4) is 0 Å². The molecule has 104 valence electrons. The van der Waals surface area contributed by atoms with E-state index in [9.17, 15) is 4.79 Å². The van der Waals surface area contributed by atoms with Gasteiger partial charge in [-0.25, -0.2) is 0 Å². The van der Waals surface area contributed by atoms with E-state index in [0.717, 1.165) is 25.8 Å². The predicted octanol–water partition coefficient (Wildman–Crippen LogP) is 1.68. The molecule has 0 aromatic carbocycles. The Labute approximate surface area is 110 Å². The molecule has 2 rings (SSSR count). The molecule has 2 fully saturated rings. The number of nitrogens with two attached hydrogens (primary N) is 1. The Bertz CT molecular complexity index is 288. The molecule has 1 saturated carbocycles. The van der Waals surface area contributed by atoms with Crippen LogP contribution in [0.4, 0.5) is 0 Å². The highest BCUT2D eigenvalue weighted by Gasteiger charge is 2.34. The first-order chi connectivity index (χ1) is 8.64. The number of hydrogen-bond donors (Lipinski definition) is 1. The summed E-state index contributed by atoms with van der Waals surface area (Å²) in [5.74, 6) is 0.231. The first-order valence-corrected chi connectivity index (χ1v) is 7.31. The molecule has 18 heavy (non-hydrogen) atoms. The van der Waals surface area contributed by atoms with Gasteiger partial charge in [-0.15, -0.1) is 0 Å². The summed E-state index contributed by atoms with van der Waals surface area (Å²) >= 11 is 0. The van der Waals surface area contributed by atoms with Crippen molar-refractivity contribution in [3.05, 3.63) is 0 Å².